The number of hydrogen-bond acceptors (Lipinski definition) is 18. The molecule has 1 fully saturated rings. The van der Waals surface area contributed by atoms with Crippen molar-refractivity contribution in [1.82, 2.24) is 30.1 Å². The van der Waals surface area contributed by atoms with Gasteiger partial charge in [-0.1, -0.05) is 93.0 Å². The van der Waals surface area contributed by atoms with Crippen LogP contribution >= 0.6 is 0 Å². The van der Waals surface area contributed by atoms with Crippen molar-refractivity contribution in [2.24, 2.45) is 53.1 Å². The molecule has 0 unspecified atom stereocenters. The lowest BCUT2D eigenvalue weighted by molar-refractivity contribution is -0.149. The van der Waals surface area contributed by atoms with Crippen LogP contribution in [0, 0.1) is 47.3 Å². The standard InChI is InChI=1S/C74H118N8O18S/c1-16-49(8)69(81(12)73(93)58(46(2)3)42-62(86)68(48(6)7)80(10)11)63(97-13)43-65(88)82-37-22-25-59(82)70(98-14)50(9)60(84)41-54(72(92)79-101(15,95)96)39-51-30-34-57(35-31-51)100-38-19-17-18-24-56(83)45-99-44-52-28-32-55(33-29-52)77-71(91)53(23-21-36-76-74(75)94)40-61(85)67(47(4)5)78-64(87)26-20-27-66(89)90/h28-35,46-50,53-54,58-59,63,67-70H,16-27,36-45H2,1-15H3,(H,77,91)(H,78,87)(H,79,92)(H,89,90)(H3,75,76,94)/t49-,50-,53+,54+,58-,59-,63+,67-,68-,69-,70+/m0/s1. The molecule has 7 N–H and O–H groups in total. The molecule has 11 atom stereocenters. The number of primary amides is 1. The lowest BCUT2D eigenvalue weighted by atomic mass is 9.83. The molecular formula is C74H118N8O18S. The zero-order valence-electron chi connectivity index (χ0n) is 62.5. The van der Waals surface area contributed by atoms with Crippen molar-refractivity contribution in [3.05, 3.63) is 59.7 Å². The van der Waals surface area contributed by atoms with Crippen molar-refractivity contribution in [1.29, 1.82) is 0 Å². The highest BCUT2D eigenvalue weighted by molar-refractivity contribution is 7.89. The van der Waals surface area contributed by atoms with Crippen molar-refractivity contribution in [2.75, 3.05) is 73.2 Å². The third-order valence-electron chi connectivity index (χ3n) is 19.0. The maximum Gasteiger partial charge on any atom is 0.312 e. The van der Waals surface area contributed by atoms with E-state index in [0.717, 1.165) is 11.8 Å². The van der Waals surface area contributed by atoms with Crippen LogP contribution in [-0.2, 0) is 85.2 Å². The van der Waals surface area contributed by atoms with Gasteiger partial charge in [-0.2, -0.15) is 0 Å². The Morgan fingerprint density at radius 3 is 1.92 bits per heavy atom. The number of methoxy groups -OCH3 is 2. The van der Waals surface area contributed by atoms with Gasteiger partial charge in [0, 0.05) is 102 Å². The van der Waals surface area contributed by atoms with Gasteiger partial charge in [0.15, 0.2) is 17.3 Å². The van der Waals surface area contributed by atoms with Gasteiger partial charge >= 0.3 is 12.0 Å². The van der Waals surface area contributed by atoms with Gasteiger partial charge in [0.2, 0.25) is 39.6 Å². The summed E-state index contributed by atoms with van der Waals surface area (Å²) in [4.78, 5) is 151. The second kappa shape index (κ2) is 44.3. The first-order valence-electron chi connectivity index (χ1n) is 35.7. The molecule has 0 aromatic heterocycles. The number of carboxylic acids is 1. The molecule has 26 nitrogen and oxygen atoms in total. The number of likely N-dealkylation sites (N-methyl/N-ethyl adjacent to an activating group) is 2. The van der Waals surface area contributed by atoms with Crippen molar-refractivity contribution < 1.29 is 85.2 Å². The largest absolute Gasteiger partial charge is 0.494 e. The molecule has 0 spiro atoms. The minimum atomic E-state index is -4.00. The Kier molecular flexibility index (Phi) is 38.6. The van der Waals surface area contributed by atoms with Gasteiger partial charge in [0.05, 0.1) is 62.3 Å². The monoisotopic (exact) mass is 1440 g/mol. The number of carbonyl (C=O) groups excluding carboxylic acids is 10. The fourth-order valence-corrected chi connectivity index (χ4v) is 13.9. The van der Waals surface area contributed by atoms with Crippen LogP contribution in [-0.4, -0.2) is 197 Å². The molecule has 1 aliphatic heterocycles. The summed E-state index contributed by atoms with van der Waals surface area (Å²) in [6, 6.07) is 10.7. The molecule has 7 amide bonds. The second-order valence-electron chi connectivity index (χ2n) is 28.4. The van der Waals surface area contributed by atoms with Gasteiger partial charge in [-0.3, -0.25) is 57.6 Å². The lowest BCUT2D eigenvalue weighted by Crippen LogP contribution is -2.54. The summed E-state index contributed by atoms with van der Waals surface area (Å²) in [5.41, 5.74) is 7.04. The molecule has 568 valence electrons. The van der Waals surface area contributed by atoms with Crippen molar-refractivity contribution >= 4 is 80.4 Å². The summed E-state index contributed by atoms with van der Waals surface area (Å²) in [6.07, 6.45) is 3.38. The van der Waals surface area contributed by atoms with Crippen molar-refractivity contribution in [2.45, 2.75) is 214 Å². The number of carboxylic acid groups (broad SMARTS) is 1. The Labute approximate surface area is 599 Å². The van der Waals surface area contributed by atoms with Gasteiger partial charge in [-0.05, 0) is 131 Å². The van der Waals surface area contributed by atoms with Crippen LogP contribution in [0.25, 0.3) is 0 Å². The van der Waals surface area contributed by atoms with Gasteiger partial charge in [-0.15, -0.1) is 0 Å². The van der Waals surface area contributed by atoms with Crippen LogP contribution in [0.5, 0.6) is 5.75 Å². The fraction of sp³-hybridized carbons (Fsp3) is 0.689. The Hall–Kier alpha value is -7.20. The summed E-state index contributed by atoms with van der Waals surface area (Å²) in [7, 11) is 4.46. The maximum absolute atomic E-state index is 14.6. The first kappa shape index (κ1) is 88.0. The van der Waals surface area contributed by atoms with Crippen molar-refractivity contribution in [3.63, 3.8) is 0 Å². The molecule has 101 heavy (non-hydrogen) atoms. The van der Waals surface area contributed by atoms with Crippen LogP contribution in [0.3, 0.4) is 0 Å². The fourth-order valence-electron chi connectivity index (χ4n) is 13.4. The van der Waals surface area contributed by atoms with E-state index in [1.54, 1.807) is 86.1 Å². The number of hydrogen-bond donors (Lipinski definition) is 6. The molecule has 1 heterocycles. The molecule has 0 bridgehead atoms. The summed E-state index contributed by atoms with van der Waals surface area (Å²) >= 11 is 0. The molecule has 1 aliphatic rings. The molecule has 0 saturated carbocycles. The van der Waals surface area contributed by atoms with Gasteiger partial charge in [0.25, 0.3) is 0 Å². The van der Waals surface area contributed by atoms with Gasteiger partial charge < -0.3 is 55.5 Å². The molecule has 2 aromatic rings. The number of amides is 7. The smallest absolute Gasteiger partial charge is 0.312 e. The quantitative estimate of drug-likeness (QED) is 0.0345. The first-order chi connectivity index (χ1) is 47.5. The number of likely N-dealkylation sites (tertiary alicyclic amines) is 1. The van der Waals surface area contributed by atoms with E-state index in [1.807, 2.05) is 60.5 Å². The van der Waals surface area contributed by atoms with E-state index >= 15 is 0 Å². The normalized spacial score (nSPS) is 16.3. The number of aliphatic carboxylic acids is 1. The third kappa shape index (κ3) is 30.7. The Balaban J connectivity index is 1.56. The third-order valence-corrected chi connectivity index (χ3v) is 19.6. The lowest BCUT2D eigenvalue weighted by Gasteiger charge is -2.41. The molecule has 0 radical (unpaired) electrons. The first-order valence-corrected chi connectivity index (χ1v) is 37.6. The summed E-state index contributed by atoms with van der Waals surface area (Å²) in [5.74, 6) is -7.28. The Bertz CT molecular complexity index is 3120. The zero-order valence-corrected chi connectivity index (χ0v) is 63.3. The van der Waals surface area contributed by atoms with Crippen molar-refractivity contribution in [3.8, 4) is 5.75 Å². The molecule has 1 saturated heterocycles. The predicted molar refractivity (Wildman–Crippen MR) is 385 cm³/mol. The minimum absolute atomic E-state index is 0.00304. The van der Waals surface area contributed by atoms with E-state index < -0.39 is 93.8 Å². The van der Waals surface area contributed by atoms with Crippen LogP contribution in [0.1, 0.15) is 176 Å². The number of carbonyl (C=O) groups is 11. The summed E-state index contributed by atoms with van der Waals surface area (Å²) < 4.78 is 50.6. The summed E-state index contributed by atoms with van der Waals surface area (Å²) in [6.45, 7) is 18.0. The number of ether oxygens (including phenoxy) is 4. The zero-order chi connectivity index (χ0) is 75.8. The van der Waals surface area contributed by atoms with Gasteiger partial charge in [-0.25, -0.2) is 13.2 Å². The highest BCUT2D eigenvalue weighted by Gasteiger charge is 2.44. The Morgan fingerprint density at radius 2 is 1.36 bits per heavy atom. The number of rotatable bonds is 50. The number of nitrogens with one attached hydrogen (secondary N) is 4. The Morgan fingerprint density at radius 1 is 0.713 bits per heavy atom. The second-order valence-corrected chi connectivity index (χ2v) is 30.2. The molecule has 0 aliphatic carbocycles. The maximum atomic E-state index is 14.6. The average molecular weight is 1440 g/mol. The van der Waals surface area contributed by atoms with Crippen LogP contribution in [0.15, 0.2) is 48.5 Å². The number of nitrogens with two attached hydrogens (primary N) is 1. The van der Waals surface area contributed by atoms with E-state index in [0.29, 0.717) is 81.5 Å². The summed E-state index contributed by atoms with van der Waals surface area (Å²) in [5, 5.41) is 16.9. The van der Waals surface area contributed by atoms with Crippen LogP contribution < -0.4 is 31.1 Å². The molecule has 3 rings (SSSR count). The molecule has 27 heteroatoms. The number of unbranched alkanes of at least 4 members (excludes halogenated alkanes) is 2. The van der Waals surface area contributed by atoms with E-state index in [1.165, 1.54) is 14.2 Å². The number of ketones is 4. The predicted octanol–water partition coefficient (Wildman–Crippen LogP) is 7.70. The highest BCUT2D eigenvalue weighted by Crippen LogP contribution is 2.33. The SMILES string of the molecule is CC[C@H](C)[C@@H]([C@@H](CC(=O)N1CCC[C@H]1[C@H](OC)[C@@H](C)C(=O)C[C@@H](Cc1ccc(OCCCCCC(=O)COCc2ccc(NC(=O)[C@H](CCCNC(N)=O)CC(=O)[C@@H](NC(=O)CCCC(=O)O)C(C)C)cc2)cc1)C(=O)NS(C)(=O)=O)OC)N(C)C(=O)[C@@H](CC(=O)[C@H](C(C)C)N(C)C)C(C)C. The number of nitrogens with zero attached hydrogens (tertiary/aromatic N) is 3. The number of anilines is 1. The van der Waals surface area contributed by atoms with E-state index in [2.05, 4.69) is 20.7 Å². The molecular weight excluding hydrogens is 1320 g/mol. The van der Waals surface area contributed by atoms with Crippen LogP contribution in [0.2, 0.25) is 0 Å². The number of benzene rings is 2. The highest BCUT2D eigenvalue weighted by atomic mass is 32.2. The minimum Gasteiger partial charge on any atom is -0.494 e. The topological polar surface area (TPSA) is 363 Å². The van der Waals surface area contributed by atoms with E-state index in [-0.39, 0.29) is 142 Å². The number of Topliss-reactive ketones (excluding diaryl/α,β-unsaturated/α-hetero) is 4. The van der Waals surface area contributed by atoms with E-state index in [9.17, 15) is 61.2 Å². The van der Waals surface area contributed by atoms with E-state index in [4.69, 9.17) is 29.8 Å². The average Bonchev–Trinajstić information content (AvgIpc) is 1.78. The van der Waals surface area contributed by atoms with Gasteiger partial charge in [0.1, 0.15) is 18.1 Å². The van der Waals surface area contributed by atoms with Crippen LogP contribution in [0.4, 0.5) is 10.5 Å². The molecule has 2 aromatic carbocycles. The number of sulfonamides is 1. The number of urea groups is 1.